The molecule has 0 spiro atoms. The van der Waals surface area contributed by atoms with Gasteiger partial charge in [0.15, 0.2) is 6.29 Å². The molecule has 0 saturated carbocycles. The molecule has 0 aliphatic carbocycles. The van der Waals surface area contributed by atoms with Crippen LogP contribution < -0.4 is 5.32 Å². The van der Waals surface area contributed by atoms with E-state index in [0.717, 1.165) is 38.5 Å². The molecular formula is C43H85NO9. The molecule has 53 heavy (non-hydrogen) atoms. The Balaban J connectivity index is 2.11. The van der Waals surface area contributed by atoms with Crippen molar-refractivity contribution in [3.05, 3.63) is 0 Å². The van der Waals surface area contributed by atoms with Crippen molar-refractivity contribution in [2.45, 2.75) is 255 Å². The standard InChI is InChI=1S/C43H85NO9/c1-3-5-7-8-9-10-11-12-13-14-15-16-17-18-19-20-21-22-23-24-25-26-27-28-30-32-38(47)44-35(39(48)36(46)31-29-6-4-2)34-52-43-42(51)41(50)40(49)37(33-45)53-43/h35-37,39-43,45-46,48-51H,3-34H2,1-2H3,(H,44,47)/t35-,36+,37+,39-,40-,41-,42+,43-/m0/s1. The van der Waals surface area contributed by atoms with Crippen LogP contribution in [0.2, 0.25) is 0 Å². The van der Waals surface area contributed by atoms with Crippen molar-refractivity contribution in [1.29, 1.82) is 0 Å². The van der Waals surface area contributed by atoms with Crippen molar-refractivity contribution in [2.75, 3.05) is 13.2 Å². The fraction of sp³-hybridized carbons (Fsp3) is 0.977. The summed E-state index contributed by atoms with van der Waals surface area (Å²) in [6, 6.07) is -0.981. The van der Waals surface area contributed by atoms with Gasteiger partial charge in [0.1, 0.15) is 30.5 Å². The van der Waals surface area contributed by atoms with Gasteiger partial charge in [0, 0.05) is 6.42 Å². The molecule has 316 valence electrons. The summed E-state index contributed by atoms with van der Waals surface area (Å²) in [4.78, 5) is 12.8. The van der Waals surface area contributed by atoms with Gasteiger partial charge in [-0.15, -0.1) is 0 Å². The summed E-state index contributed by atoms with van der Waals surface area (Å²) in [5.41, 5.74) is 0. The largest absolute Gasteiger partial charge is 0.394 e. The molecule has 1 saturated heterocycles. The number of rotatable bonds is 37. The third kappa shape index (κ3) is 25.1. The number of carbonyl (C=O) groups excluding carboxylic acids is 1. The number of aliphatic hydroxyl groups is 6. The van der Waals surface area contributed by atoms with Gasteiger partial charge >= 0.3 is 0 Å². The molecule has 0 radical (unpaired) electrons. The molecule has 0 bridgehead atoms. The van der Waals surface area contributed by atoms with Gasteiger partial charge in [0.2, 0.25) is 5.91 Å². The van der Waals surface area contributed by atoms with Gasteiger partial charge in [-0.1, -0.05) is 187 Å². The van der Waals surface area contributed by atoms with Crippen molar-refractivity contribution in [2.24, 2.45) is 0 Å². The summed E-state index contributed by atoms with van der Waals surface area (Å²) in [5.74, 6) is -0.263. The van der Waals surface area contributed by atoms with Crippen molar-refractivity contribution in [3.63, 3.8) is 0 Å². The summed E-state index contributed by atoms with van der Waals surface area (Å²) < 4.78 is 11.0. The molecule has 0 unspecified atom stereocenters. The molecule has 7 N–H and O–H groups in total. The third-order valence-corrected chi connectivity index (χ3v) is 11.1. The Bertz CT molecular complexity index is 819. The van der Waals surface area contributed by atoms with Gasteiger partial charge in [-0.2, -0.15) is 0 Å². The molecule has 1 fully saturated rings. The van der Waals surface area contributed by atoms with E-state index in [9.17, 15) is 35.4 Å². The topological polar surface area (TPSA) is 169 Å². The van der Waals surface area contributed by atoms with Crippen LogP contribution in [0.5, 0.6) is 0 Å². The minimum absolute atomic E-state index is 0.263. The molecule has 0 aromatic carbocycles. The average Bonchev–Trinajstić information content (AvgIpc) is 3.15. The van der Waals surface area contributed by atoms with Crippen LogP contribution in [0, 0.1) is 0 Å². The molecule has 0 aromatic rings. The Morgan fingerprint density at radius 2 is 0.981 bits per heavy atom. The Morgan fingerprint density at radius 1 is 0.585 bits per heavy atom. The fourth-order valence-electron chi connectivity index (χ4n) is 7.38. The highest BCUT2D eigenvalue weighted by Gasteiger charge is 2.44. The monoisotopic (exact) mass is 760 g/mol. The van der Waals surface area contributed by atoms with Crippen LogP contribution in [0.3, 0.4) is 0 Å². The lowest BCUT2D eigenvalue weighted by atomic mass is 9.99. The number of unbranched alkanes of at least 4 members (excludes halogenated alkanes) is 26. The Kier molecular flexibility index (Phi) is 32.6. The summed E-state index contributed by atoms with van der Waals surface area (Å²) >= 11 is 0. The van der Waals surface area contributed by atoms with Gasteiger partial charge in [-0.3, -0.25) is 4.79 Å². The van der Waals surface area contributed by atoms with Crippen LogP contribution in [0.15, 0.2) is 0 Å². The molecule has 10 nitrogen and oxygen atoms in total. The first-order valence-electron chi connectivity index (χ1n) is 22.3. The summed E-state index contributed by atoms with van der Waals surface area (Å²) in [6.07, 6.45) is 26.6. The Morgan fingerprint density at radius 3 is 1.40 bits per heavy atom. The maximum absolute atomic E-state index is 12.8. The number of ether oxygens (including phenoxy) is 2. The van der Waals surface area contributed by atoms with Crippen LogP contribution in [-0.4, -0.2) is 98.7 Å². The second kappa shape index (κ2) is 34.4. The van der Waals surface area contributed by atoms with E-state index in [1.807, 2.05) is 6.92 Å². The molecule has 8 atom stereocenters. The predicted octanol–water partition coefficient (Wildman–Crippen LogP) is 7.75. The highest BCUT2D eigenvalue weighted by atomic mass is 16.7. The SMILES string of the molecule is CCCCCCCCCCCCCCCCCCCCCCCCCCCC(=O)N[C@@H](CO[C@H]1O[C@H](CO)[C@H](O)[C@H](O)[C@H]1O)[C@H](O)[C@H](O)CCCCC. The second-order valence-corrected chi connectivity index (χ2v) is 16.0. The van der Waals surface area contributed by atoms with E-state index in [-0.39, 0.29) is 18.9 Å². The molecule has 0 aromatic heterocycles. The van der Waals surface area contributed by atoms with Crippen molar-refractivity contribution in [3.8, 4) is 0 Å². The van der Waals surface area contributed by atoms with Crippen LogP contribution >= 0.6 is 0 Å². The molecule has 1 aliphatic heterocycles. The van der Waals surface area contributed by atoms with Crippen molar-refractivity contribution < 1.29 is 44.9 Å². The zero-order chi connectivity index (χ0) is 38.9. The molecule has 1 heterocycles. The lowest BCUT2D eigenvalue weighted by Crippen LogP contribution is -2.60. The summed E-state index contributed by atoms with van der Waals surface area (Å²) in [7, 11) is 0. The second-order valence-electron chi connectivity index (χ2n) is 16.0. The first kappa shape index (κ1) is 50.2. The van der Waals surface area contributed by atoms with Crippen molar-refractivity contribution in [1.82, 2.24) is 5.32 Å². The van der Waals surface area contributed by atoms with E-state index in [1.54, 1.807) is 0 Å². The van der Waals surface area contributed by atoms with Gasteiger partial charge in [-0.05, 0) is 12.8 Å². The van der Waals surface area contributed by atoms with Crippen molar-refractivity contribution >= 4 is 5.91 Å². The van der Waals surface area contributed by atoms with Crippen LogP contribution in [0.1, 0.15) is 206 Å². The van der Waals surface area contributed by atoms with E-state index >= 15 is 0 Å². The predicted molar refractivity (Wildman–Crippen MR) is 214 cm³/mol. The lowest BCUT2D eigenvalue weighted by Gasteiger charge is -2.40. The number of hydrogen-bond acceptors (Lipinski definition) is 9. The smallest absolute Gasteiger partial charge is 0.220 e. The number of hydrogen-bond donors (Lipinski definition) is 7. The van der Waals surface area contributed by atoms with E-state index < -0.39 is 55.6 Å². The van der Waals surface area contributed by atoms with Crippen LogP contribution in [0.4, 0.5) is 0 Å². The average molecular weight is 760 g/mol. The highest BCUT2D eigenvalue weighted by molar-refractivity contribution is 5.76. The first-order chi connectivity index (χ1) is 25.8. The van der Waals surface area contributed by atoms with Gasteiger partial charge in [-0.25, -0.2) is 0 Å². The van der Waals surface area contributed by atoms with Gasteiger partial charge < -0.3 is 45.4 Å². The minimum Gasteiger partial charge on any atom is -0.394 e. The number of amides is 1. The summed E-state index contributed by atoms with van der Waals surface area (Å²) in [5, 5.41) is 64.2. The third-order valence-electron chi connectivity index (χ3n) is 11.1. The highest BCUT2D eigenvalue weighted by Crippen LogP contribution is 2.23. The number of aliphatic hydroxyl groups excluding tert-OH is 6. The number of nitrogens with one attached hydrogen (secondary N) is 1. The first-order valence-corrected chi connectivity index (χ1v) is 22.3. The van der Waals surface area contributed by atoms with E-state index in [1.165, 1.54) is 141 Å². The lowest BCUT2D eigenvalue weighted by molar-refractivity contribution is -0.303. The normalized spacial score (nSPS) is 22.2. The van der Waals surface area contributed by atoms with Crippen LogP contribution in [-0.2, 0) is 14.3 Å². The minimum atomic E-state index is -1.60. The van der Waals surface area contributed by atoms with E-state index in [0.29, 0.717) is 6.42 Å². The Hall–Kier alpha value is -0.850. The van der Waals surface area contributed by atoms with Gasteiger partial charge in [0.25, 0.3) is 0 Å². The molecule has 1 aliphatic rings. The quantitative estimate of drug-likeness (QED) is 0.0313. The van der Waals surface area contributed by atoms with Crippen LogP contribution in [0.25, 0.3) is 0 Å². The molecule has 10 heteroatoms. The zero-order valence-electron chi connectivity index (χ0n) is 34.2. The zero-order valence-corrected chi connectivity index (χ0v) is 34.2. The molecular weight excluding hydrogens is 674 g/mol. The maximum Gasteiger partial charge on any atom is 0.220 e. The Labute approximate surface area is 324 Å². The molecule has 1 amide bonds. The van der Waals surface area contributed by atoms with E-state index in [2.05, 4.69) is 12.2 Å². The van der Waals surface area contributed by atoms with Gasteiger partial charge in [0.05, 0.1) is 25.4 Å². The summed E-state index contributed by atoms with van der Waals surface area (Å²) in [6.45, 7) is 3.43. The number of carbonyl (C=O) groups is 1. The fourth-order valence-corrected chi connectivity index (χ4v) is 7.38. The maximum atomic E-state index is 12.8. The molecule has 1 rings (SSSR count). The van der Waals surface area contributed by atoms with E-state index in [4.69, 9.17) is 9.47 Å².